The Balaban J connectivity index is 1.27. The molecule has 0 radical (unpaired) electrons. The topological polar surface area (TPSA) is 95.9 Å². The van der Waals surface area contributed by atoms with Gasteiger partial charge in [-0.25, -0.2) is 4.79 Å². The van der Waals surface area contributed by atoms with E-state index in [9.17, 15) is 19.5 Å². The Morgan fingerprint density at radius 2 is 1.65 bits per heavy atom. The first-order valence-electron chi connectivity index (χ1n) is 12.1. The number of amides is 2. The van der Waals surface area contributed by atoms with E-state index in [1.165, 1.54) is 0 Å². The highest BCUT2D eigenvalue weighted by molar-refractivity contribution is 5.91. The average Bonchev–Trinajstić information content (AvgIpc) is 3.13. The van der Waals surface area contributed by atoms with Gasteiger partial charge in [0.1, 0.15) is 12.1 Å². The number of carboxylic acid groups (broad SMARTS) is 1. The van der Waals surface area contributed by atoms with Crippen LogP contribution >= 0.6 is 0 Å². The number of aliphatic carboxylic acids is 1. The molecule has 2 N–H and O–H groups in total. The van der Waals surface area contributed by atoms with Crippen LogP contribution < -0.4 is 5.32 Å². The molecule has 7 nitrogen and oxygen atoms in total. The maximum Gasteiger partial charge on any atom is 0.408 e. The Hall–Kier alpha value is -3.35. The Morgan fingerprint density at radius 3 is 2.21 bits per heavy atom. The Bertz CT molecular complexity index is 1080. The highest BCUT2D eigenvalue weighted by Gasteiger charge is 2.50. The van der Waals surface area contributed by atoms with E-state index in [0.29, 0.717) is 25.7 Å². The van der Waals surface area contributed by atoms with Gasteiger partial charge in [0.2, 0.25) is 5.91 Å². The van der Waals surface area contributed by atoms with E-state index in [0.717, 1.165) is 28.7 Å². The average molecular weight is 463 g/mol. The summed E-state index contributed by atoms with van der Waals surface area (Å²) in [5.41, 5.74) is 3.58. The zero-order valence-corrected chi connectivity index (χ0v) is 19.3. The minimum Gasteiger partial charge on any atom is -0.481 e. The molecular formula is C27H30N2O5. The summed E-state index contributed by atoms with van der Waals surface area (Å²) in [5.74, 6) is -1.68. The fraction of sp³-hybridized carbons (Fsp3) is 0.444. The zero-order chi connectivity index (χ0) is 23.9. The lowest BCUT2D eigenvalue weighted by Gasteiger charge is -2.47. The molecular weight excluding hydrogens is 432 g/mol. The van der Waals surface area contributed by atoms with Gasteiger partial charge in [-0.15, -0.1) is 0 Å². The second-order valence-electron chi connectivity index (χ2n) is 9.81. The number of rotatable bonds is 5. The molecule has 2 aliphatic carbocycles. The quantitative estimate of drug-likeness (QED) is 0.696. The number of ether oxygens (including phenoxy) is 1. The third kappa shape index (κ3) is 3.83. The molecule has 2 atom stereocenters. The number of hydrogen-bond donors (Lipinski definition) is 2. The van der Waals surface area contributed by atoms with Crippen LogP contribution in [0.15, 0.2) is 48.5 Å². The fourth-order valence-electron chi connectivity index (χ4n) is 5.62. The second-order valence-corrected chi connectivity index (χ2v) is 9.81. The number of piperidine rings is 1. The second kappa shape index (κ2) is 8.78. The molecule has 34 heavy (non-hydrogen) atoms. The van der Waals surface area contributed by atoms with E-state index in [4.69, 9.17) is 4.74 Å². The maximum atomic E-state index is 13.5. The molecule has 0 aromatic heterocycles. The monoisotopic (exact) mass is 462 g/mol. The van der Waals surface area contributed by atoms with Crippen molar-refractivity contribution in [3.05, 3.63) is 59.7 Å². The molecule has 1 aliphatic heterocycles. The van der Waals surface area contributed by atoms with Crippen LogP contribution in [-0.2, 0) is 14.3 Å². The molecule has 7 heteroatoms. The Kier molecular flexibility index (Phi) is 5.80. The summed E-state index contributed by atoms with van der Waals surface area (Å²) in [7, 11) is 0. The summed E-state index contributed by atoms with van der Waals surface area (Å²) in [6.07, 6.45) is 2.51. The van der Waals surface area contributed by atoms with Crippen LogP contribution in [0.4, 0.5) is 4.79 Å². The minimum absolute atomic E-state index is 0.0510. The third-order valence-electron chi connectivity index (χ3n) is 7.79. The SMILES string of the molecule is CC1CCC(C(=O)O)CN1C(=O)C1(NC(=O)OCC2c3ccccc3-c3ccccc32)CCC1. The molecule has 2 aromatic carbocycles. The summed E-state index contributed by atoms with van der Waals surface area (Å²) >= 11 is 0. The number of nitrogens with one attached hydrogen (secondary N) is 1. The number of nitrogens with zero attached hydrogens (tertiary/aromatic N) is 1. The molecule has 2 amide bonds. The van der Waals surface area contributed by atoms with Gasteiger partial charge < -0.3 is 20.1 Å². The van der Waals surface area contributed by atoms with E-state index in [-0.39, 0.29) is 31.0 Å². The number of carbonyl (C=O) groups excluding carboxylic acids is 2. The molecule has 0 spiro atoms. The van der Waals surface area contributed by atoms with E-state index >= 15 is 0 Å². The van der Waals surface area contributed by atoms with Crippen molar-refractivity contribution in [1.29, 1.82) is 0 Å². The number of alkyl carbamates (subject to hydrolysis) is 1. The molecule has 178 valence electrons. The summed E-state index contributed by atoms with van der Waals surface area (Å²) in [6.45, 7) is 2.31. The van der Waals surface area contributed by atoms with Gasteiger partial charge in [0.25, 0.3) is 0 Å². The number of likely N-dealkylation sites (tertiary alicyclic amines) is 1. The molecule has 3 aliphatic rings. The predicted molar refractivity (Wildman–Crippen MR) is 126 cm³/mol. The Labute approximate surface area is 199 Å². The van der Waals surface area contributed by atoms with Crippen molar-refractivity contribution >= 4 is 18.0 Å². The molecule has 2 fully saturated rings. The van der Waals surface area contributed by atoms with Gasteiger partial charge in [-0.3, -0.25) is 9.59 Å². The van der Waals surface area contributed by atoms with Gasteiger partial charge in [0.15, 0.2) is 0 Å². The van der Waals surface area contributed by atoms with Gasteiger partial charge in [0.05, 0.1) is 5.92 Å². The van der Waals surface area contributed by atoms with E-state index in [1.807, 2.05) is 31.2 Å². The molecule has 1 saturated carbocycles. The first kappa shape index (κ1) is 22.4. The van der Waals surface area contributed by atoms with Gasteiger partial charge in [-0.1, -0.05) is 48.5 Å². The molecule has 1 heterocycles. The largest absolute Gasteiger partial charge is 0.481 e. The predicted octanol–water partition coefficient (Wildman–Crippen LogP) is 4.16. The standard InChI is InChI=1S/C27H30N2O5/c1-17-11-12-18(24(30)31)15-29(17)25(32)27(13-6-14-27)28-26(33)34-16-23-21-9-4-2-7-19(21)20-8-3-5-10-22(20)23/h2-5,7-10,17-18,23H,6,11-16H2,1H3,(H,28,33)(H,30,31). The lowest BCUT2D eigenvalue weighted by molar-refractivity contribution is -0.152. The first-order valence-corrected chi connectivity index (χ1v) is 12.1. The molecule has 1 saturated heterocycles. The molecule has 0 bridgehead atoms. The van der Waals surface area contributed by atoms with Crippen molar-refractivity contribution in [3.8, 4) is 11.1 Å². The van der Waals surface area contributed by atoms with Crippen LogP contribution in [0.5, 0.6) is 0 Å². The van der Waals surface area contributed by atoms with Gasteiger partial charge >= 0.3 is 12.1 Å². The van der Waals surface area contributed by atoms with Gasteiger partial charge in [-0.05, 0) is 61.3 Å². The first-order chi connectivity index (χ1) is 16.4. The van der Waals surface area contributed by atoms with E-state index < -0.39 is 23.5 Å². The van der Waals surface area contributed by atoms with Crippen LogP contribution in [0.1, 0.15) is 56.1 Å². The van der Waals surface area contributed by atoms with Gasteiger partial charge in [-0.2, -0.15) is 0 Å². The molecule has 5 rings (SSSR count). The van der Waals surface area contributed by atoms with Gasteiger partial charge in [0, 0.05) is 18.5 Å². The summed E-state index contributed by atoms with van der Waals surface area (Å²) in [4.78, 5) is 39.5. The smallest absolute Gasteiger partial charge is 0.408 e. The lowest BCUT2D eigenvalue weighted by Crippen LogP contribution is -2.66. The van der Waals surface area contributed by atoms with Crippen molar-refractivity contribution in [2.75, 3.05) is 13.2 Å². The zero-order valence-electron chi connectivity index (χ0n) is 19.3. The molecule has 2 unspecified atom stereocenters. The molecule has 2 aromatic rings. The number of fused-ring (bicyclic) bond motifs is 3. The van der Waals surface area contributed by atoms with E-state index in [1.54, 1.807) is 4.90 Å². The summed E-state index contributed by atoms with van der Waals surface area (Å²) in [6, 6.07) is 16.2. The lowest BCUT2D eigenvalue weighted by atomic mass is 9.74. The fourth-order valence-corrected chi connectivity index (χ4v) is 5.62. The van der Waals surface area contributed by atoms with Crippen molar-refractivity contribution in [1.82, 2.24) is 10.2 Å². The normalized spacial score (nSPS) is 22.8. The number of benzene rings is 2. The van der Waals surface area contributed by atoms with Crippen LogP contribution in [-0.4, -0.2) is 52.7 Å². The number of carboxylic acids is 1. The third-order valence-corrected chi connectivity index (χ3v) is 7.79. The van der Waals surface area contributed by atoms with Crippen LogP contribution in [0.25, 0.3) is 11.1 Å². The van der Waals surface area contributed by atoms with Crippen molar-refractivity contribution in [3.63, 3.8) is 0 Å². The minimum atomic E-state index is -1.00. The Morgan fingerprint density at radius 1 is 1.03 bits per heavy atom. The highest BCUT2D eigenvalue weighted by atomic mass is 16.5. The summed E-state index contributed by atoms with van der Waals surface area (Å²) < 4.78 is 5.68. The van der Waals surface area contributed by atoms with Crippen molar-refractivity contribution in [2.45, 2.75) is 56.5 Å². The van der Waals surface area contributed by atoms with Crippen LogP contribution in [0.2, 0.25) is 0 Å². The maximum absolute atomic E-state index is 13.5. The van der Waals surface area contributed by atoms with Crippen molar-refractivity contribution < 1.29 is 24.2 Å². The number of carbonyl (C=O) groups is 3. The number of hydrogen-bond acceptors (Lipinski definition) is 4. The van der Waals surface area contributed by atoms with E-state index in [2.05, 4.69) is 29.6 Å². The highest BCUT2D eigenvalue weighted by Crippen LogP contribution is 2.44. The van der Waals surface area contributed by atoms with Crippen LogP contribution in [0.3, 0.4) is 0 Å². The van der Waals surface area contributed by atoms with Crippen molar-refractivity contribution in [2.24, 2.45) is 5.92 Å². The summed E-state index contributed by atoms with van der Waals surface area (Å²) in [5, 5.41) is 12.3. The van der Waals surface area contributed by atoms with Crippen LogP contribution in [0, 0.1) is 5.92 Å².